The molecule has 0 radical (unpaired) electrons. The van der Waals surface area contributed by atoms with Gasteiger partial charge in [0.1, 0.15) is 28.6 Å². The number of anilines is 1. The van der Waals surface area contributed by atoms with Gasteiger partial charge in [0.2, 0.25) is 0 Å². The molecule has 4 fully saturated rings. The second-order valence-corrected chi connectivity index (χ2v) is 16.6. The number of phenolic OH excluding ortho intramolecular Hbond substituents is 1. The van der Waals surface area contributed by atoms with Gasteiger partial charge in [0, 0.05) is 42.3 Å². The van der Waals surface area contributed by atoms with Gasteiger partial charge in [-0.25, -0.2) is 8.78 Å². The summed E-state index contributed by atoms with van der Waals surface area (Å²) in [4.78, 5) is 19.1. The quantitative estimate of drug-likeness (QED) is 0.195. The average Bonchev–Trinajstić information content (AvgIpc) is 3.47. The van der Waals surface area contributed by atoms with Crippen molar-refractivity contribution < 1.29 is 28.5 Å². The topological polar surface area (TPSA) is 104 Å². The molecule has 1 saturated carbocycles. The predicted molar refractivity (Wildman–Crippen MR) is 202 cm³/mol. The number of aromatic hydroxyl groups is 1. The van der Waals surface area contributed by atoms with Crippen LogP contribution in [0.15, 0.2) is 30.5 Å². The third-order valence-corrected chi connectivity index (χ3v) is 12.6. The molecule has 2 aromatic heterocycles. The number of phenols is 1. The van der Waals surface area contributed by atoms with Gasteiger partial charge >= 0.3 is 6.01 Å². The summed E-state index contributed by atoms with van der Waals surface area (Å²) in [6, 6.07) is 6.92. The highest BCUT2D eigenvalue weighted by molar-refractivity contribution is 6.01. The maximum Gasteiger partial charge on any atom is 0.319 e. The number of hydrogen-bond donors (Lipinski definition) is 2. The molecular formula is C42H53F2N5O4. The van der Waals surface area contributed by atoms with Crippen LogP contribution in [0.5, 0.6) is 11.8 Å². The Kier molecular flexibility index (Phi) is 9.73. The number of hydrogen-bond acceptors (Lipinski definition) is 9. The van der Waals surface area contributed by atoms with Gasteiger partial charge < -0.3 is 24.6 Å². The molecule has 9 nitrogen and oxygen atoms in total. The van der Waals surface area contributed by atoms with Gasteiger partial charge in [0.05, 0.1) is 29.8 Å². The average molecular weight is 730 g/mol. The Morgan fingerprint density at radius 2 is 1.79 bits per heavy atom. The first-order chi connectivity index (χ1) is 25.4. The standard InChI is InChI=1S/C42H53F2N5O4/c1-5-30-33(43)12-11-27-20-29(50)21-31(35(27)30)37-36(44)38-32(22-45-37)39(48-16-7-6-13-41(4,51)23-48)47-40(46-38)52-24-42-14-8-10-34(42)49(17-9-15-42)28-18-25(2)53-26(3)19-28/h11-12,20-22,25-26,28,34,50-51H,5-10,13-19,23-24H2,1-4H3. The number of likely N-dealkylation sites (tertiary alicyclic amines) is 1. The van der Waals surface area contributed by atoms with E-state index in [4.69, 9.17) is 19.4 Å². The summed E-state index contributed by atoms with van der Waals surface area (Å²) in [5.74, 6) is -0.687. The molecular weight excluding hydrogens is 676 g/mol. The first kappa shape index (κ1) is 36.3. The van der Waals surface area contributed by atoms with Crippen LogP contribution in [-0.2, 0) is 11.2 Å². The number of fused-ring (bicyclic) bond motifs is 3. The monoisotopic (exact) mass is 729 g/mol. The Morgan fingerprint density at radius 1 is 1.00 bits per heavy atom. The molecule has 2 aromatic carbocycles. The summed E-state index contributed by atoms with van der Waals surface area (Å²) < 4.78 is 45.1. The number of pyridine rings is 1. The number of aryl methyl sites for hydroxylation is 1. The van der Waals surface area contributed by atoms with Gasteiger partial charge in [0.25, 0.3) is 0 Å². The summed E-state index contributed by atoms with van der Waals surface area (Å²) in [6.07, 6.45) is 12.3. The number of benzene rings is 2. The molecule has 1 aliphatic carbocycles. The highest BCUT2D eigenvalue weighted by Gasteiger charge is 2.50. The van der Waals surface area contributed by atoms with Gasteiger partial charge in [-0.05, 0) is 126 Å². The number of β-amino-alcohol motifs (C(OH)–C–C–N with tert-alkyl or cyclic N) is 1. The Bertz CT molecular complexity index is 2000. The molecule has 0 spiro atoms. The lowest BCUT2D eigenvalue weighted by Crippen LogP contribution is -2.57. The minimum Gasteiger partial charge on any atom is -0.508 e. The fourth-order valence-corrected chi connectivity index (χ4v) is 10.3. The lowest BCUT2D eigenvalue weighted by atomic mass is 9.74. The number of ether oxygens (including phenoxy) is 2. The van der Waals surface area contributed by atoms with Crippen LogP contribution in [-0.4, -0.2) is 86.2 Å². The number of piperidine rings is 1. The van der Waals surface area contributed by atoms with E-state index in [0.29, 0.717) is 77.7 Å². The molecule has 53 heavy (non-hydrogen) atoms. The van der Waals surface area contributed by atoms with E-state index in [9.17, 15) is 10.2 Å². The molecule has 11 heteroatoms. The SMILES string of the molecule is CCc1c(F)ccc2cc(O)cc(-c3ncc4c(N5CCCCC(C)(O)C5)nc(OCC56CCCC5N(C5CC(C)OC(C)C5)CCC6)nc4c3F)c12. The van der Waals surface area contributed by atoms with E-state index in [1.165, 1.54) is 12.1 Å². The minimum atomic E-state index is -0.956. The minimum absolute atomic E-state index is 0.0329. The van der Waals surface area contributed by atoms with Crippen molar-refractivity contribution in [2.75, 3.05) is 31.1 Å². The van der Waals surface area contributed by atoms with Crippen molar-refractivity contribution >= 4 is 27.5 Å². The maximum atomic E-state index is 17.2. The molecule has 284 valence electrons. The van der Waals surface area contributed by atoms with Crippen molar-refractivity contribution in [2.24, 2.45) is 5.41 Å². The van der Waals surface area contributed by atoms with Gasteiger partial charge in [-0.2, -0.15) is 9.97 Å². The fourth-order valence-electron chi connectivity index (χ4n) is 10.3. The lowest BCUT2D eigenvalue weighted by molar-refractivity contribution is -0.0967. The molecule has 0 amide bonds. The van der Waals surface area contributed by atoms with Gasteiger partial charge in [-0.1, -0.05) is 19.4 Å². The first-order valence-corrected chi connectivity index (χ1v) is 19.8. The van der Waals surface area contributed by atoms with Crippen molar-refractivity contribution in [1.29, 1.82) is 0 Å². The van der Waals surface area contributed by atoms with Crippen LogP contribution in [0.2, 0.25) is 0 Å². The molecule has 3 aliphatic heterocycles. The van der Waals surface area contributed by atoms with E-state index >= 15 is 8.78 Å². The third kappa shape index (κ3) is 6.82. The number of aliphatic hydroxyl groups is 1. The van der Waals surface area contributed by atoms with Crippen LogP contribution in [0.25, 0.3) is 32.9 Å². The molecule has 3 saturated heterocycles. The highest BCUT2D eigenvalue weighted by Crippen LogP contribution is 2.50. The molecule has 2 N–H and O–H groups in total. The van der Waals surface area contributed by atoms with Crippen LogP contribution >= 0.6 is 0 Å². The second kappa shape index (κ2) is 14.2. The largest absolute Gasteiger partial charge is 0.508 e. The second-order valence-electron chi connectivity index (χ2n) is 16.6. The van der Waals surface area contributed by atoms with E-state index in [-0.39, 0.29) is 40.6 Å². The van der Waals surface area contributed by atoms with Gasteiger partial charge in [0.15, 0.2) is 5.82 Å². The number of halogens is 2. The Morgan fingerprint density at radius 3 is 2.58 bits per heavy atom. The van der Waals surface area contributed by atoms with Crippen molar-refractivity contribution in [3.63, 3.8) is 0 Å². The molecule has 5 atom stereocenters. The fraction of sp³-hybridized carbons (Fsp3) is 0.595. The number of aromatic nitrogens is 3. The summed E-state index contributed by atoms with van der Waals surface area (Å²) in [5, 5.41) is 23.5. The molecule has 4 aliphatic rings. The van der Waals surface area contributed by atoms with E-state index in [1.54, 1.807) is 18.3 Å². The lowest BCUT2D eigenvalue weighted by Gasteiger charge is -2.51. The molecule has 5 unspecified atom stereocenters. The summed E-state index contributed by atoms with van der Waals surface area (Å²) >= 11 is 0. The maximum absolute atomic E-state index is 17.2. The van der Waals surface area contributed by atoms with E-state index in [2.05, 4.69) is 23.7 Å². The Hall–Kier alpha value is -3.67. The summed E-state index contributed by atoms with van der Waals surface area (Å²) in [7, 11) is 0. The van der Waals surface area contributed by atoms with Crippen LogP contribution < -0.4 is 9.64 Å². The first-order valence-electron chi connectivity index (χ1n) is 19.8. The van der Waals surface area contributed by atoms with Crippen molar-refractivity contribution in [2.45, 2.75) is 128 Å². The van der Waals surface area contributed by atoms with E-state index in [1.807, 2.05) is 18.7 Å². The third-order valence-electron chi connectivity index (χ3n) is 12.6. The smallest absolute Gasteiger partial charge is 0.319 e. The van der Waals surface area contributed by atoms with Crippen LogP contribution in [0.3, 0.4) is 0 Å². The summed E-state index contributed by atoms with van der Waals surface area (Å²) in [6.45, 7) is 10.5. The highest BCUT2D eigenvalue weighted by atomic mass is 19.1. The van der Waals surface area contributed by atoms with Gasteiger partial charge in [-0.3, -0.25) is 9.88 Å². The van der Waals surface area contributed by atoms with Gasteiger partial charge in [-0.15, -0.1) is 0 Å². The van der Waals surface area contributed by atoms with E-state index in [0.717, 1.165) is 64.3 Å². The molecule has 5 heterocycles. The zero-order chi connectivity index (χ0) is 37.1. The van der Waals surface area contributed by atoms with Crippen molar-refractivity contribution in [3.8, 4) is 23.0 Å². The normalized spacial score (nSPS) is 29.8. The predicted octanol–water partition coefficient (Wildman–Crippen LogP) is 8.10. The summed E-state index contributed by atoms with van der Waals surface area (Å²) in [5.41, 5.74) is -0.285. The zero-order valence-electron chi connectivity index (χ0n) is 31.5. The number of rotatable bonds is 7. The van der Waals surface area contributed by atoms with E-state index < -0.39 is 17.2 Å². The number of nitrogens with zero attached hydrogens (tertiary/aromatic N) is 5. The Labute approximate surface area is 310 Å². The van der Waals surface area contributed by atoms with Crippen LogP contribution in [0, 0.1) is 17.0 Å². The zero-order valence-corrected chi connectivity index (χ0v) is 31.5. The molecule has 8 rings (SSSR count). The van der Waals surface area contributed by atoms with Crippen LogP contribution in [0.4, 0.5) is 14.6 Å². The van der Waals surface area contributed by atoms with Crippen molar-refractivity contribution in [1.82, 2.24) is 19.9 Å². The molecule has 4 aromatic rings. The Balaban J connectivity index is 1.21. The van der Waals surface area contributed by atoms with Crippen molar-refractivity contribution in [3.05, 3.63) is 47.7 Å². The van der Waals surface area contributed by atoms with Crippen LogP contribution in [0.1, 0.15) is 97.5 Å². The molecule has 0 bridgehead atoms.